The molecule has 0 atom stereocenters. The van der Waals surface area contributed by atoms with Gasteiger partial charge in [0.1, 0.15) is 8.07 Å². The normalized spacial score (nSPS) is 11.0. The van der Waals surface area contributed by atoms with Crippen LogP contribution in [-0.4, -0.2) is 43.5 Å². The Bertz CT molecular complexity index is 378. The van der Waals surface area contributed by atoms with Crippen LogP contribution in [0.25, 0.3) is 0 Å². The SMILES string of the molecule is CC(C)N(C(=O)C(=O)OCC#C[Si](C)(C)C)C(C)C. The summed E-state index contributed by atoms with van der Waals surface area (Å²) in [5, 5.41) is 0. The zero-order valence-corrected chi connectivity index (χ0v) is 14.0. The molecule has 0 unspecified atom stereocenters. The number of esters is 1. The first-order valence-electron chi connectivity index (χ1n) is 6.55. The van der Waals surface area contributed by atoms with Gasteiger partial charge in [-0.05, 0) is 27.7 Å². The number of hydrogen-bond acceptors (Lipinski definition) is 3. The molecule has 5 heteroatoms. The maximum atomic E-state index is 11.9. The Morgan fingerprint density at radius 2 is 1.58 bits per heavy atom. The molecule has 0 fully saturated rings. The van der Waals surface area contributed by atoms with Gasteiger partial charge in [-0.15, -0.1) is 5.54 Å². The largest absolute Gasteiger partial charge is 0.445 e. The first-order valence-corrected chi connectivity index (χ1v) is 10.1. The van der Waals surface area contributed by atoms with Crippen LogP contribution in [0.15, 0.2) is 0 Å². The highest BCUT2D eigenvalue weighted by atomic mass is 28.3. The second kappa shape index (κ2) is 7.34. The number of carbonyl (C=O) groups is 2. The van der Waals surface area contributed by atoms with Gasteiger partial charge >= 0.3 is 11.9 Å². The molecule has 0 saturated heterocycles. The predicted octanol–water partition coefficient (Wildman–Crippen LogP) is 2.06. The first-order chi connectivity index (χ1) is 8.56. The van der Waals surface area contributed by atoms with E-state index in [2.05, 4.69) is 31.1 Å². The summed E-state index contributed by atoms with van der Waals surface area (Å²) in [7, 11) is -1.46. The lowest BCUT2D eigenvalue weighted by Gasteiger charge is -2.29. The van der Waals surface area contributed by atoms with Crippen molar-refractivity contribution in [1.82, 2.24) is 4.90 Å². The van der Waals surface area contributed by atoms with Crippen LogP contribution in [0.4, 0.5) is 0 Å². The Labute approximate surface area is 117 Å². The highest BCUT2D eigenvalue weighted by Gasteiger charge is 2.27. The Balaban J connectivity index is 4.50. The quantitative estimate of drug-likeness (QED) is 0.345. The highest BCUT2D eigenvalue weighted by Crippen LogP contribution is 2.06. The van der Waals surface area contributed by atoms with Crippen molar-refractivity contribution in [3.05, 3.63) is 0 Å². The van der Waals surface area contributed by atoms with Crippen LogP contribution in [0.5, 0.6) is 0 Å². The van der Waals surface area contributed by atoms with Gasteiger partial charge in [0.2, 0.25) is 0 Å². The van der Waals surface area contributed by atoms with Crippen LogP contribution < -0.4 is 0 Å². The number of hydrogen-bond donors (Lipinski definition) is 0. The molecule has 0 bridgehead atoms. The Morgan fingerprint density at radius 1 is 1.11 bits per heavy atom. The summed E-state index contributed by atoms with van der Waals surface area (Å²) in [6, 6.07) is -0.0683. The van der Waals surface area contributed by atoms with Gasteiger partial charge in [-0.25, -0.2) is 4.79 Å². The van der Waals surface area contributed by atoms with Crippen LogP contribution in [0.1, 0.15) is 27.7 Å². The summed E-state index contributed by atoms with van der Waals surface area (Å²) in [6.45, 7) is 13.8. The minimum absolute atomic E-state index is 0.0150. The molecule has 0 rings (SSSR count). The molecular weight excluding hydrogens is 258 g/mol. The summed E-state index contributed by atoms with van der Waals surface area (Å²) in [4.78, 5) is 25.1. The summed E-state index contributed by atoms with van der Waals surface area (Å²) >= 11 is 0. The zero-order chi connectivity index (χ0) is 15.2. The second-order valence-corrected chi connectivity index (χ2v) is 10.8. The molecular formula is C14H25NO3Si. The van der Waals surface area contributed by atoms with Crippen molar-refractivity contribution >= 4 is 20.0 Å². The van der Waals surface area contributed by atoms with E-state index in [1.165, 1.54) is 4.90 Å². The number of rotatable bonds is 3. The van der Waals surface area contributed by atoms with E-state index in [9.17, 15) is 9.59 Å². The van der Waals surface area contributed by atoms with Crippen molar-refractivity contribution in [2.24, 2.45) is 0 Å². The van der Waals surface area contributed by atoms with Crippen molar-refractivity contribution in [3.8, 4) is 11.5 Å². The molecule has 0 spiro atoms. The van der Waals surface area contributed by atoms with Crippen LogP contribution in [0.3, 0.4) is 0 Å². The van der Waals surface area contributed by atoms with E-state index in [1.807, 2.05) is 27.7 Å². The summed E-state index contributed by atoms with van der Waals surface area (Å²) in [5.74, 6) is 1.38. The lowest BCUT2D eigenvalue weighted by molar-refractivity contribution is -0.161. The van der Waals surface area contributed by atoms with Gasteiger partial charge in [0.15, 0.2) is 6.61 Å². The van der Waals surface area contributed by atoms with Gasteiger partial charge in [-0.1, -0.05) is 25.6 Å². The Hall–Kier alpha value is -1.28. The fraction of sp³-hybridized carbons (Fsp3) is 0.714. The van der Waals surface area contributed by atoms with E-state index in [4.69, 9.17) is 4.74 Å². The minimum Gasteiger partial charge on any atom is -0.445 e. The molecule has 0 aromatic rings. The van der Waals surface area contributed by atoms with E-state index in [0.29, 0.717) is 0 Å². The standard InChI is InChI=1S/C14H25NO3Si/c1-11(2)15(12(3)4)13(16)14(17)18-9-8-10-19(5,6)7/h11-12H,9H2,1-7H3. The van der Waals surface area contributed by atoms with E-state index < -0.39 is 20.0 Å². The molecule has 0 aliphatic heterocycles. The lowest BCUT2D eigenvalue weighted by atomic mass is 10.2. The smallest absolute Gasteiger partial charge is 0.398 e. The molecule has 0 aliphatic carbocycles. The van der Waals surface area contributed by atoms with Crippen molar-refractivity contribution in [1.29, 1.82) is 0 Å². The van der Waals surface area contributed by atoms with Gasteiger partial charge in [-0.3, -0.25) is 4.79 Å². The molecule has 0 N–H and O–H groups in total. The van der Waals surface area contributed by atoms with Crippen molar-refractivity contribution in [3.63, 3.8) is 0 Å². The summed E-state index contributed by atoms with van der Waals surface area (Å²) < 4.78 is 4.90. The fourth-order valence-corrected chi connectivity index (χ4v) is 2.24. The number of carbonyl (C=O) groups excluding carboxylic acids is 2. The van der Waals surface area contributed by atoms with Crippen molar-refractivity contribution < 1.29 is 14.3 Å². The van der Waals surface area contributed by atoms with E-state index in [1.54, 1.807) is 0 Å². The topological polar surface area (TPSA) is 46.6 Å². The molecule has 4 nitrogen and oxygen atoms in total. The number of ether oxygens (including phenoxy) is 1. The van der Waals surface area contributed by atoms with Crippen LogP contribution in [-0.2, 0) is 14.3 Å². The molecule has 0 aromatic carbocycles. The van der Waals surface area contributed by atoms with E-state index in [0.717, 1.165) is 0 Å². The fourth-order valence-electron chi connectivity index (χ4n) is 1.64. The van der Waals surface area contributed by atoms with Gasteiger partial charge in [0.25, 0.3) is 0 Å². The van der Waals surface area contributed by atoms with Gasteiger partial charge < -0.3 is 9.64 Å². The van der Waals surface area contributed by atoms with Crippen LogP contribution in [0, 0.1) is 11.5 Å². The number of amides is 1. The molecule has 0 aliphatic rings. The molecule has 108 valence electrons. The maximum Gasteiger partial charge on any atom is 0.398 e. The minimum atomic E-state index is -1.46. The molecule has 0 radical (unpaired) electrons. The average Bonchev–Trinajstić information content (AvgIpc) is 2.21. The maximum absolute atomic E-state index is 11.9. The lowest BCUT2D eigenvalue weighted by Crippen LogP contribution is -2.46. The summed E-state index contributed by atoms with van der Waals surface area (Å²) in [5.41, 5.74) is 3.08. The molecule has 19 heavy (non-hydrogen) atoms. The van der Waals surface area contributed by atoms with Gasteiger partial charge in [0.05, 0.1) is 0 Å². The molecule has 0 saturated carbocycles. The first kappa shape index (κ1) is 17.7. The average molecular weight is 283 g/mol. The molecule has 1 amide bonds. The Kier molecular flexibility index (Phi) is 6.85. The third kappa shape index (κ3) is 7.02. The predicted molar refractivity (Wildman–Crippen MR) is 79.2 cm³/mol. The molecule has 0 heterocycles. The van der Waals surface area contributed by atoms with Crippen molar-refractivity contribution in [2.45, 2.75) is 59.4 Å². The summed E-state index contributed by atoms with van der Waals surface area (Å²) in [6.07, 6.45) is 0. The van der Waals surface area contributed by atoms with Gasteiger partial charge in [0, 0.05) is 12.1 Å². The van der Waals surface area contributed by atoms with E-state index >= 15 is 0 Å². The third-order valence-corrected chi connectivity index (χ3v) is 3.19. The van der Waals surface area contributed by atoms with Crippen LogP contribution >= 0.6 is 0 Å². The number of nitrogens with zero attached hydrogens (tertiary/aromatic N) is 1. The van der Waals surface area contributed by atoms with Gasteiger partial charge in [-0.2, -0.15) is 0 Å². The van der Waals surface area contributed by atoms with E-state index in [-0.39, 0.29) is 18.7 Å². The molecule has 0 aromatic heterocycles. The zero-order valence-electron chi connectivity index (χ0n) is 13.0. The highest BCUT2D eigenvalue weighted by molar-refractivity contribution is 6.83. The van der Waals surface area contributed by atoms with Crippen LogP contribution in [0.2, 0.25) is 19.6 Å². The van der Waals surface area contributed by atoms with Crippen molar-refractivity contribution in [2.75, 3.05) is 6.61 Å². The third-order valence-electron chi connectivity index (χ3n) is 2.26. The Morgan fingerprint density at radius 3 is 1.95 bits per heavy atom. The second-order valence-electron chi connectivity index (χ2n) is 6.03. The monoisotopic (exact) mass is 283 g/mol.